The third kappa shape index (κ3) is 2.82. The first-order chi connectivity index (χ1) is 5.34. The van der Waals surface area contributed by atoms with Gasteiger partial charge >= 0.3 is 0 Å². The predicted molar refractivity (Wildman–Crippen MR) is 43.6 cm³/mol. The Kier molecular flexibility index (Phi) is 4.77. The summed E-state index contributed by atoms with van der Waals surface area (Å²) in [5.41, 5.74) is 4.83. The molecular weight excluding hydrogens is 142 g/mol. The number of aldehydes is 1. The van der Waals surface area contributed by atoms with Gasteiger partial charge in [0.1, 0.15) is 5.75 Å². The van der Waals surface area contributed by atoms with Gasteiger partial charge in [0.15, 0.2) is 6.29 Å². The molecular formula is C8H11NO2. The number of carbonyl (C=O) groups is 1. The number of rotatable bonds is 1. The highest BCUT2D eigenvalue weighted by Crippen LogP contribution is 2.11. The van der Waals surface area contributed by atoms with Crippen LogP contribution in [0, 0.1) is 0 Å². The van der Waals surface area contributed by atoms with E-state index in [1.807, 2.05) is 0 Å². The van der Waals surface area contributed by atoms with Crippen LogP contribution >= 0.6 is 0 Å². The number of benzene rings is 1. The van der Waals surface area contributed by atoms with Crippen LogP contribution in [-0.2, 0) is 0 Å². The zero-order chi connectivity index (χ0) is 8.69. The Labute approximate surface area is 65.5 Å². The zero-order valence-electron chi connectivity index (χ0n) is 6.32. The van der Waals surface area contributed by atoms with Gasteiger partial charge in [-0.2, -0.15) is 0 Å². The summed E-state index contributed by atoms with van der Waals surface area (Å²) in [6, 6.07) is 6.40. The van der Waals surface area contributed by atoms with Gasteiger partial charge < -0.3 is 10.8 Å². The van der Waals surface area contributed by atoms with Crippen molar-refractivity contribution < 1.29 is 9.90 Å². The third-order valence-corrected chi connectivity index (χ3v) is 1.06. The first-order valence-corrected chi connectivity index (χ1v) is 3.15. The highest BCUT2D eigenvalue weighted by molar-refractivity contribution is 5.78. The van der Waals surface area contributed by atoms with E-state index in [0.29, 0.717) is 11.8 Å². The van der Waals surface area contributed by atoms with Crippen molar-refractivity contribution in [2.24, 2.45) is 5.73 Å². The van der Waals surface area contributed by atoms with Crippen molar-refractivity contribution in [2.45, 2.75) is 0 Å². The van der Waals surface area contributed by atoms with E-state index in [0.717, 1.165) is 0 Å². The standard InChI is InChI=1S/C7H6O2.CH5N/c8-5-6-3-1-2-4-7(6)9;1-2/h1-5,9H;2H2,1H3. The van der Waals surface area contributed by atoms with Crippen LogP contribution in [0.3, 0.4) is 0 Å². The number of phenolic OH excluding ortho intramolecular Hbond substituents is 1. The summed E-state index contributed by atoms with van der Waals surface area (Å²) >= 11 is 0. The van der Waals surface area contributed by atoms with E-state index >= 15 is 0 Å². The Morgan fingerprint density at radius 3 is 2.27 bits per heavy atom. The maximum absolute atomic E-state index is 10.1. The third-order valence-electron chi connectivity index (χ3n) is 1.06. The molecule has 0 atom stereocenters. The van der Waals surface area contributed by atoms with E-state index in [9.17, 15) is 4.79 Å². The quantitative estimate of drug-likeness (QED) is 0.586. The second kappa shape index (κ2) is 5.44. The Balaban J connectivity index is 0.000000461. The van der Waals surface area contributed by atoms with Gasteiger partial charge in [-0.15, -0.1) is 0 Å². The van der Waals surface area contributed by atoms with Crippen molar-refractivity contribution in [3.63, 3.8) is 0 Å². The molecule has 3 N–H and O–H groups in total. The second-order valence-corrected chi connectivity index (χ2v) is 1.68. The minimum absolute atomic E-state index is 0.0347. The maximum Gasteiger partial charge on any atom is 0.153 e. The van der Waals surface area contributed by atoms with Gasteiger partial charge in [-0.05, 0) is 19.2 Å². The highest BCUT2D eigenvalue weighted by atomic mass is 16.3. The average molecular weight is 153 g/mol. The van der Waals surface area contributed by atoms with Crippen molar-refractivity contribution in [2.75, 3.05) is 7.05 Å². The number of carbonyl (C=O) groups excluding carboxylic acids is 1. The minimum atomic E-state index is 0.0347. The molecule has 0 aliphatic heterocycles. The lowest BCUT2D eigenvalue weighted by Crippen LogP contribution is -1.77. The molecule has 1 aromatic carbocycles. The van der Waals surface area contributed by atoms with Crippen LogP contribution in [0.15, 0.2) is 24.3 Å². The summed E-state index contributed by atoms with van der Waals surface area (Å²) < 4.78 is 0. The van der Waals surface area contributed by atoms with E-state index < -0.39 is 0 Å². The Morgan fingerprint density at radius 1 is 1.36 bits per heavy atom. The van der Waals surface area contributed by atoms with Crippen LogP contribution in [0.4, 0.5) is 0 Å². The summed E-state index contributed by atoms with van der Waals surface area (Å²) in [6.45, 7) is 0. The lowest BCUT2D eigenvalue weighted by molar-refractivity contribution is 0.112. The fraction of sp³-hybridized carbons (Fsp3) is 0.125. The largest absolute Gasteiger partial charge is 0.507 e. The van der Waals surface area contributed by atoms with Crippen molar-refractivity contribution in [3.05, 3.63) is 29.8 Å². The maximum atomic E-state index is 10.1. The smallest absolute Gasteiger partial charge is 0.153 e. The Hall–Kier alpha value is -1.35. The number of hydrogen-bond donors (Lipinski definition) is 2. The van der Waals surface area contributed by atoms with Gasteiger partial charge in [0.2, 0.25) is 0 Å². The van der Waals surface area contributed by atoms with Crippen molar-refractivity contribution in [3.8, 4) is 5.75 Å². The molecule has 0 heterocycles. The number of phenols is 1. The zero-order valence-corrected chi connectivity index (χ0v) is 6.32. The molecule has 0 aromatic heterocycles. The molecule has 0 aliphatic carbocycles. The number of para-hydroxylation sites is 1. The Bertz CT molecular complexity index is 223. The topological polar surface area (TPSA) is 63.3 Å². The fourth-order valence-corrected chi connectivity index (χ4v) is 0.587. The molecule has 0 amide bonds. The summed E-state index contributed by atoms with van der Waals surface area (Å²) in [4.78, 5) is 10.1. The van der Waals surface area contributed by atoms with E-state index in [1.54, 1.807) is 18.2 Å². The average Bonchev–Trinajstić information content (AvgIpc) is 2.09. The van der Waals surface area contributed by atoms with Crippen LogP contribution in [0.25, 0.3) is 0 Å². The van der Waals surface area contributed by atoms with E-state index in [2.05, 4.69) is 5.73 Å². The summed E-state index contributed by atoms with van der Waals surface area (Å²) in [5.74, 6) is 0.0347. The second-order valence-electron chi connectivity index (χ2n) is 1.68. The summed E-state index contributed by atoms with van der Waals surface area (Å²) in [5, 5.41) is 8.88. The van der Waals surface area contributed by atoms with Gasteiger partial charge in [-0.1, -0.05) is 12.1 Å². The van der Waals surface area contributed by atoms with Gasteiger partial charge in [0, 0.05) is 0 Å². The van der Waals surface area contributed by atoms with Crippen LogP contribution < -0.4 is 5.73 Å². The first kappa shape index (κ1) is 9.65. The van der Waals surface area contributed by atoms with Crippen LogP contribution in [0.1, 0.15) is 10.4 Å². The van der Waals surface area contributed by atoms with Gasteiger partial charge in [-0.25, -0.2) is 0 Å². The highest BCUT2D eigenvalue weighted by Gasteiger charge is 1.93. The van der Waals surface area contributed by atoms with Crippen LogP contribution in [0.5, 0.6) is 5.75 Å². The van der Waals surface area contributed by atoms with Crippen molar-refractivity contribution in [1.82, 2.24) is 0 Å². The Morgan fingerprint density at radius 2 is 1.91 bits per heavy atom. The normalized spacial score (nSPS) is 7.82. The minimum Gasteiger partial charge on any atom is -0.507 e. The molecule has 0 bridgehead atoms. The summed E-state index contributed by atoms with van der Waals surface area (Å²) in [6.07, 6.45) is 0.620. The molecule has 1 aromatic rings. The van der Waals surface area contributed by atoms with E-state index in [1.165, 1.54) is 13.1 Å². The predicted octanol–water partition coefficient (Wildman–Crippen LogP) is 0.780. The van der Waals surface area contributed by atoms with Crippen molar-refractivity contribution >= 4 is 6.29 Å². The number of hydrogen-bond acceptors (Lipinski definition) is 3. The molecule has 60 valence electrons. The lowest BCUT2D eigenvalue weighted by atomic mass is 10.2. The van der Waals surface area contributed by atoms with Gasteiger partial charge in [0.25, 0.3) is 0 Å². The molecule has 0 saturated heterocycles. The van der Waals surface area contributed by atoms with Gasteiger partial charge in [-0.3, -0.25) is 4.79 Å². The molecule has 3 nitrogen and oxygen atoms in total. The molecule has 11 heavy (non-hydrogen) atoms. The molecule has 0 spiro atoms. The summed E-state index contributed by atoms with van der Waals surface area (Å²) in [7, 11) is 1.50. The van der Waals surface area contributed by atoms with E-state index in [4.69, 9.17) is 5.11 Å². The fourth-order valence-electron chi connectivity index (χ4n) is 0.587. The molecule has 0 aliphatic rings. The van der Waals surface area contributed by atoms with Gasteiger partial charge in [0.05, 0.1) is 5.56 Å². The van der Waals surface area contributed by atoms with Crippen LogP contribution in [-0.4, -0.2) is 18.4 Å². The molecule has 0 radical (unpaired) electrons. The monoisotopic (exact) mass is 153 g/mol. The van der Waals surface area contributed by atoms with Crippen molar-refractivity contribution in [1.29, 1.82) is 0 Å². The SMILES string of the molecule is CN.O=Cc1ccccc1O. The van der Waals surface area contributed by atoms with Crippen LogP contribution in [0.2, 0.25) is 0 Å². The molecule has 0 unspecified atom stereocenters. The molecule has 3 heteroatoms. The molecule has 0 fully saturated rings. The van der Waals surface area contributed by atoms with E-state index in [-0.39, 0.29) is 5.75 Å². The first-order valence-electron chi connectivity index (χ1n) is 3.15. The molecule has 0 saturated carbocycles. The number of nitrogens with two attached hydrogens (primary N) is 1. The lowest BCUT2D eigenvalue weighted by Gasteiger charge is -1.91. The molecule has 1 rings (SSSR count). The number of aromatic hydroxyl groups is 1.